The van der Waals surface area contributed by atoms with Crippen molar-refractivity contribution in [2.75, 3.05) is 19.6 Å². The lowest BCUT2D eigenvalue weighted by Crippen LogP contribution is -2.57. The Morgan fingerprint density at radius 1 is 1.35 bits per heavy atom. The fourth-order valence-corrected chi connectivity index (χ4v) is 4.42. The zero-order chi connectivity index (χ0) is 18.3. The van der Waals surface area contributed by atoms with Gasteiger partial charge in [-0.1, -0.05) is 13.8 Å². The molecule has 0 radical (unpaired) electrons. The molecule has 0 aliphatic carbocycles. The van der Waals surface area contributed by atoms with Crippen molar-refractivity contribution >= 4 is 22.8 Å². The lowest BCUT2D eigenvalue weighted by molar-refractivity contribution is -0.141. The van der Waals surface area contributed by atoms with E-state index in [-0.39, 0.29) is 17.9 Å². The van der Waals surface area contributed by atoms with E-state index in [0.717, 1.165) is 37.0 Å². The van der Waals surface area contributed by atoms with Gasteiger partial charge in [0.25, 0.3) is 5.91 Å². The smallest absolute Gasteiger partial charge is 0.253 e. The number of amides is 2. The van der Waals surface area contributed by atoms with Crippen LogP contribution in [0, 0.1) is 11.8 Å². The molecule has 2 aromatic rings. The number of likely N-dealkylation sites (tertiary alicyclic amines) is 2. The van der Waals surface area contributed by atoms with Gasteiger partial charge in [-0.3, -0.25) is 9.59 Å². The van der Waals surface area contributed by atoms with Crippen LogP contribution in [0.3, 0.4) is 0 Å². The van der Waals surface area contributed by atoms with Crippen LogP contribution in [0.1, 0.15) is 43.5 Å². The van der Waals surface area contributed by atoms with Crippen molar-refractivity contribution in [3.8, 4) is 0 Å². The summed E-state index contributed by atoms with van der Waals surface area (Å²) in [7, 11) is 0. The van der Waals surface area contributed by atoms with Crippen LogP contribution in [0.5, 0.6) is 0 Å². The minimum Gasteiger partial charge on any atom is -0.345 e. The summed E-state index contributed by atoms with van der Waals surface area (Å²) in [4.78, 5) is 36.6. The predicted octanol–water partition coefficient (Wildman–Crippen LogP) is 2.67. The van der Waals surface area contributed by atoms with Gasteiger partial charge in [-0.25, -0.2) is 4.98 Å². The van der Waals surface area contributed by atoms with E-state index in [4.69, 9.17) is 0 Å². The summed E-state index contributed by atoms with van der Waals surface area (Å²) in [6.45, 7) is 6.59. The molecule has 3 heterocycles. The molecule has 1 aromatic carbocycles. The van der Waals surface area contributed by atoms with Crippen LogP contribution in [0.15, 0.2) is 24.5 Å². The quantitative estimate of drug-likeness (QED) is 0.921. The summed E-state index contributed by atoms with van der Waals surface area (Å²) in [6.07, 6.45) is 4.02. The molecule has 2 saturated heterocycles. The van der Waals surface area contributed by atoms with Gasteiger partial charge in [0.2, 0.25) is 5.91 Å². The number of benzene rings is 1. The van der Waals surface area contributed by atoms with Crippen molar-refractivity contribution in [2.24, 2.45) is 11.8 Å². The van der Waals surface area contributed by atoms with Crippen molar-refractivity contribution in [3.63, 3.8) is 0 Å². The van der Waals surface area contributed by atoms with Gasteiger partial charge in [0.05, 0.1) is 17.4 Å². The van der Waals surface area contributed by atoms with Crippen LogP contribution in [0.2, 0.25) is 0 Å². The Balaban J connectivity index is 1.49. The highest BCUT2D eigenvalue weighted by Gasteiger charge is 2.40. The molecule has 0 bridgehead atoms. The third kappa shape index (κ3) is 3.08. The fraction of sp³-hybridized carbons (Fsp3) is 0.550. The summed E-state index contributed by atoms with van der Waals surface area (Å²) in [5.74, 6) is 1.22. The molecule has 2 fully saturated rings. The van der Waals surface area contributed by atoms with Gasteiger partial charge in [0.15, 0.2) is 0 Å². The van der Waals surface area contributed by atoms with Crippen LogP contribution in [0.4, 0.5) is 0 Å². The Bertz CT molecular complexity index is 828. The fourth-order valence-electron chi connectivity index (χ4n) is 4.42. The standard InChI is InChI=1S/C20H26N4O2/c1-13(2)10-24-18-7-8-23(11-15(18)4-6-19(24)25)20(26)14-3-5-16-17(9-14)22-12-21-16/h3,5,9,12-13,15,18H,4,6-8,10-11H2,1-2H3,(H,21,22)/t15-,18+/m1/s1. The summed E-state index contributed by atoms with van der Waals surface area (Å²) in [6, 6.07) is 5.91. The van der Waals surface area contributed by atoms with Gasteiger partial charge in [-0.05, 0) is 42.9 Å². The minimum atomic E-state index is 0.0762. The average molecular weight is 354 g/mol. The maximum absolute atomic E-state index is 13.0. The van der Waals surface area contributed by atoms with Gasteiger partial charge in [0, 0.05) is 37.7 Å². The highest BCUT2D eigenvalue weighted by molar-refractivity contribution is 5.97. The maximum atomic E-state index is 13.0. The van der Waals surface area contributed by atoms with E-state index >= 15 is 0 Å². The van der Waals surface area contributed by atoms with Crippen molar-refractivity contribution in [1.82, 2.24) is 19.8 Å². The molecule has 0 saturated carbocycles. The van der Waals surface area contributed by atoms with Gasteiger partial charge >= 0.3 is 0 Å². The Kier molecular flexibility index (Phi) is 4.42. The highest BCUT2D eigenvalue weighted by Crippen LogP contribution is 2.32. The Labute approximate surface area is 153 Å². The molecule has 138 valence electrons. The monoisotopic (exact) mass is 354 g/mol. The number of carbonyl (C=O) groups excluding carboxylic acids is 2. The number of nitrogens with zero attached hydrogens (tertiary/aromatic N) is 3. The molecular formula is C20H26N4O2. The van der Waals surface area contributed by atoms with Crippen LogP contribution < -0.4 is 0 Å². The number of aromatic amines is 1. The summed E-state index contributed by atoms with van der Waals surface area (Å²) >= 11 is 0. The van der Waals surface area contributed by atoms with Gasteiger partial charge in [0.1, 0.15) is 0 Å². The van der Waals surface area contributed by atoms with Crippen molar-refractivity contribution in [2.45, 2.75) is 39.2 Å². The normalized spacial score (nSPS) is 23.6. The van der Waals surface area contributed by atoms with Crippen LogP contribution in [-0.4, -0.2) is 57.3 Å². The molecule has 2 aliphatic heterocycles. The summed E-state index contributed by atoms with van der Waals surface area (Å²) in [5, 5.41) is 0. The van der Waals surface area contributed by atoms with E-state index < -0.39 is 0 Å². The first-order valence-electron chi connectivity index (χ1n) is 9.55. The summed E-state index contributed by atoms with van der Waals surface area (Å²) in [5.41, 5.74) is 2.46. The Morgan fingerprint density at radius 2 is 2.19 bits per heavy atom. The average Bonchev–Trinajstić information content (AvgIpc) is 3.10. The highest BCUT2D eigenvalue weighted by atomic mass is 16.2. The SMILES string of the molecule is CC(C)CN1C(=O)CC[C@@H]2CN(C(=O)c3ccc4nc[nH]c4c3)CC[C@@H]21. The lowest BCUT2D eigenvalue weighted by Gasteiger charge is -2.47. The second kappa shape index (κ2) is 6.74. The first kappa shape index (κ1) is 17.1. The van der Waals surface area contributed by atoms with Gasteiger partial charge < -0.3 is 14.8 Å². The van der Waals surface area contributed by atoms with Crippen molar-refractivity contribution in [1.29, 1.82) is 0 Å². The largest absolute Gasteiger partial charge is 0.345 e. The first-order valence-corrected chi connectivity index (χ1v) is 9.55. The Hall–Kier alpha value is -2.37. The molecule has 2 aliphatic rings. The first-order chi connectivity index (χ1) is 12.5. The maximum Gasteiger partial charge on any atom is 0.253 e. The molecule has 1 aromatic heterocycles. The van der Waals surface area contributed by atoms with Crippen molar-refractivity contribution in [3.05, 3.63) is 30.1 Å². The zero-order valence-corrected chi connectivity index (χ0v) is 15.4. The molecule has 2 atom stereocenters. The van der Waals surface area contributed by atoms with Crippen molar-refractivity contribution < 1.29 is 9.59 Å². The number of imidazole rings is 1. The van der Waals surface area contributed by atoms with E-state index in [9.17, 15) is 9.59 Å². The van der Waals surface area contributed by atoms with Crippen LogP contribution in [0.25, 0.3) is 11.0 Å². The number of nitrogens with one attached hydrogen (secondary N) is 1. The molecule has 0 unspecified atom stereocenters. The predicted molar refractivity (Wildman–Crippen MR) is 99.7 cm³/mol. The van der Waals surface area contributed by atoms with E-state index in [1.165, 1.54) is 0 Å². The zero-order valence-electron chi connectivity index (χ0n) is 15.4. The number of hydrogen-bond donors (Lipinski definition) is 1. The van der Waals surface area contributed by atoms with Gasteiger partial charge in [-0.2, -0.15) is 0 Å². The number of H-pyrrole nitrogens is 1. The molecular weight excluding hydrogens is 328 g/mol. The van der Waals surface area contributed by atoms with E-state index in [1.54, 1.807) is 6.33 Å². The molecule has 2 amide bonds. The number of carbonyl (C=O) groups is 2. The molecule has 6 nitrogen and oxygen atoms in total. The third-order valence-corrected chi connectivity index (χ3v) is 5.66. The van der Waals surface area contributed by atoms with E-state index in [1.807, 2.05) is 23.1 Å². The second-order valence-electron chi connectivity index (χ2n) is 7.98. The number of hydrogen-bond acceptors (Lipinski definition) is 3. The number of aromatic nitrogens is 2. The Morgan fingerprint density at radius 3 is 3.00 bits per heavy atom. The van der Waals surface area contributed by atoms with Gasteiger partial charge in [-0.15, -0.1) is 0 Å². The summed E-state index contributed by atoms with van der Waals surface area (Å²) < 4.78 is 0. The van der Waals surface area contributed by atoms with E-state index in [0.29, 0.717) is 30.4 Å². The molecule has 6 heteroatoms. The molecule has 1 N–H and O–H groups in total. The molecule has 4 rings (SSSR count). The second-order valence-corrected chi connectivity index (χ2v) is 7.98. The third-order valence-electron chi connectivity index (χ3n) is 5.66. The van der Waals surface area contributed by atoms with Crippen LogP contribution in [-0.2, 0) is 4.79 Å². The number of rotatable bonds is 3. The van der Waals surface area contributed by atoms with E-state index in [2.05, 4.69) is 28.7 Å². The lowest BCUT2D eigenvalue weighted by atomic mass is 9.83. The molecule has 26 heavy (non-hydrogen) atoms. The topological polar surface area (TPSA) is 69.3 Å². The minimum absolute atomic E-state index is 0.0762. The molecule has 0 spiro atoms. The number of piperidine rings is 2. The van der Waals surface area contributed by atoms with Crippen LogP contribution >= 0.6 is 0 Å². The number of fused-ring (bicyclic) bond motifs is 2.